The van der Waals surface area contributed by atoms with Crippen LogP contribution in [0.15, 0.2) is 24.3 Å². The van der Waals surface area contributed by atoms with Gasteiger partial charge in [-0.3, -0.25) is 9.52 Å². The standard InChI is InChI=1S/C16H26N2O3S/c1-5-6-8-12(2)16(19)17-13(3)14-9-7-10-15(11-14)18-22(4,20)21/h7,9-13,18H,5-6,8H2,1-4H3,(H,17,19)/t12-,13-/m0/s1. The van der Waals surface area contributed by atoms with Crippen LogP contribution >= 0.6 is 0 Å². The molecular weight excluding hydrogens is 300 g/mol. The first-order valence-corrected chi connectivity index (χ1v) is 9.50. The van der Waals surface area contributed by atoms with Crippen LogP contribution in [0.5, 0.6) is 0 Å². The number of carbonyl (C=O) groups is 1. The van der Waals surface area contributed by atoms with Gasteiger partial charge in [0.05, 0.1) is 12.3 Å². The minimum absolute atomic E-state index is 0.0141. The van der Waals surface area contributed by atoms with Crippen molar-refractivity contribution in [3.8, 4) is 0 Å². The van der Waals surface area contributed by atoms with Crippen LogP contribution < -0.4 is 10.0 Å². The van der Waals surface area contributed by atoms with Gasteiger partial charge in [0.25, 0.3) is 0 Å². The van der Waals surface area contributed by atoms with Crippen molar-refractivity contribution in [3.63, 3.8) is 0 Å². The fourth-order valence-electron chi connectivity index (χ4n) is 2.17. The Hall–Kier alpha value is -1.56. The van der Waals surface area contributed by atoms with Crippen molar-refractivity contribution >= 4 is 21.6 Å². The first-order chi connectivity index (χ1) is 10.2. The number of nitrogens with one attached hydrogen (secondary N) is 2. The molecule has 6 heteroatoms. The third kappa shape index (κ3) is 6.47. The summed E-state index contributed by atoms with van der Waals surface area (Å²) in [5.74, 6) is 0.0159. The van der Waals surface area contributed by atoms with Crippen molar-refractivity contribution in [1.29, 1.82) is 0 Å². The Morgan fingerprint density at radius 2 is 1.95 bits per heavy atom. The summed E-state index contributed by atoms with van der Waals surface area (Å²) in [7, 11) is -3.30. The number of hydrogen-bond donors (Lipinski definition) is 2. The van der Waals surface area contributed by atoms with E-state index >= 15 is 0 Å². The summed E-state index contributed by atoms with van der Waals surface area (Å²) >= 11 is 0. The summed E-state index contributed by atoms with van der Waals surface area (Å²) < 4.78 is 25.0. The Morgan fingerprint density at radius 3 is 2.55 bits per heavy atom. The fraction of sp³-hybridized carbons (Fsp3) is 0.562. The second-order valence-corrected chi connectivity index (χ2v) is 7.52. The van der Waals surface area contributed by atoms with Crippen molar-refractivity contribution in [2.45, 2.75) is 46.1 Å². The monoisotopic (exact) mass is 326 g/mol. The normalized spacial score (nSPS) is 14.2. The van der Waals surface area contributed by atoms with E-state index in [9.17, 15) is 13.2 Å². The van der Waals surface area contributed by atoms with E-state index in [2.05, 4.69) is 17.0 Å². The Labute approximate surface area is 133 Å². The van der Waals surface area contributed by atoms with Gasteiger partial charge >= 0.3 is 0 Å². The molecule has 124 valence electrons. The number of sulfonamides is 1. The summed E-state index contributed by atoms with van der Waals surface area (Å²) in [4.78, 5) is 12.1. The zero-order chi connectivity index (χ0) is 16.8. The Kier molecular flexibility index (Phi) is 6.87. The summed E-state index contributed by atoms with van der Waals surface area (Å²) in [5, 5.41) is 2.98. The van der Waals surface area contributed by atoms with Crippen LogP contribution in [0.2, 0.25) is 0 Å². The van der Waals surface area contributed by atoms with Crippen molar-refractivity contribution < 1.29 is 13.2 Å². The Balaban J connectivity index is 2.71. The number of amides is 1. The molecule has 0 heterocycles. The highest BCUT2D eigenvalue weighted by Crippen LogP contribution is 2.19. The van der Waals surface area contributed by atoms with E-state index in [0.29, 0.717) is 5.69 Å². The first-order valence-electron chi connectivity index (χ1n) is 7.61. The average molecular weight is 326 g/mol. The quantitative estimate of drug-likeness (QED) is 0.771. The SMILES string of the molecule is CCCC[C@H](C)C(=O)N[C@@H](C)c1cccc(NS(C)(=O)=O)c1. The molecule has 5 nitrogen and oxygen atoms in total. The molecule has 1 aromatic carbocycles. The minimum atomic E-state index is -3.30. The van der Waals surface area contributed by atoms with Crippen molar-refractivity contribution in [2.75, 3.05) is 11.0 Å². The van der Waals surface area contributed by atoms with Crippen molar-refractivity contribution in [1.82, 2.24) is 5.32 Å². The van der Waals surface area contributed by atoms with Gasteiger partial charge in [-0.1, -0.05) is 38.8 Å². The molecule has 2 N–H and O–H groups in total. The van der Waals surface area contributed by atoms with Gasteiger partial charge in [-0.25, -0.2) is 8.42 Å². The number of hydrogen-bond acceptors (Lipinski definition) is 3. The Bertz CT molecular complexity index is 599. The maximum atomic E-state index is 12.1. The molecule has 22 heavy (non-hydrogen) atoms. The molecule has 0 aliphatic rings. The molecule has 0 saturated heterocycles. The topological polar surface area (TPSA) is 75.3 Å². The third-order valence-corrected chi connectivity index (χ3v) is 4.09. The molecule has 0 bridgehead atoms. The average Bonchev–Trinajstić information content (AvgIpc) is 2.43. The largest absolute Gasteiger partial charge is 0.349 e. The molecule has 0 fully saturated rings. The van der Waals surface area contributed by atoms with E-state index in [1.807, 2.05) is 19.9 Å². The van der Waals surface area contributed by atoms with Crippen LogP contribution in [-0.2, 0) is 14.8 Å². The van der Waals surface area contributed by atoms with Gasteiger partial charge in [-0.15, -0.1) is 0 Å². The van der Waals surface area contributed by atoms with Crippen molar-refractivity contribution in [2.24, 2.45) is 5.92 Å². The first kappa shape index (κ1) is 18.5. The van der Waals surface area contributed by atoms with Gasteiger partial charge in [0.15, 0.2) is 0 Å². The van der Waals surface area contributed by atoms with Gasteiger partial charge in [0.2, 0.25) is 15.9 Å². The third-order valence-electron chi connectivity index (χ3n) is 3.49. The van der Waals surface area contributed by atoms with Crippen LogP contribution in [0.4, 0.5) is 5.69 Å². The lowest BCUT2D eigenvalue weighted by Crippen LogP contribution is -2.31. The van der Waals surface area contributed by atoms with Crippen LogP contribution in [-0.4, -0.2) is 20.6 Å². The molecule has 0 aromatic heterocycles. The lowest BCUT2D eigenvalue weighted by atomic mass is 10.0. The number of unbranched alkanes of at least 4 members (excludes halogenated alkanes) is 1. The predicted molar refractivity (Wildman–Crippen MR) is 90.2 cm³/mol. The summed E-state index contributed by atoms with van der Waals surface area (Å²) in [6.07, 6.45) is 4.11. The smallest absolute Gasteiger partial charge is 0.229 e. The molecule has 1 aromatic rings. The maximum absolute atomic E-state index is 12.1. The van der Waals surface area contributed by atoms with Gasteiger partial charge in [-0.2, -0.15) is 0 Å². The second-order valence-electron chi connectivity index (χ2n) is 5.77. The van der Waals surface area contributed by atoms with Gasteiger partial charge < -0.3 is 5.32 Å². The molecule has 0 aliphatic heterocycles. The molecule has 1 amide bonds. The zero-order valence-corrected chi connectivity index (χ0v) is 14.5. The Morgan fingerprint density at radius 1 is 1.27 bits per heavy atom. The molecule has 2 atom stereocenters. The number of carbonyl (C=O) groups excluding carboxylic acids is 1. The van der Waals surface area contributed by atoms with E-state index in [4.69, 9.17) is 0 Å². The molecule has 0 unspecified atom stereocenters. The molecule has 1 rings (SSSR count). The van der Waals surface area contributed by atoms with Crippen LogP contribution in [0.1, 0.15) is 51.6 Å². The van der Waals surface area contributed by atoms with Crippen LogP contribution in [0.3, 0.4) is 0 Å². The van der Waals surface area contributed by atoms with Crippen LogP contribution in [0, 0.1) is 5.92 Å². The van der Waals surface area contributed by atoms with E-state index in [-0.39, 0.29) is 17.9 Å². The summed E-state index contributed by atoms with van der Waals surface area (Å²) in [6.45, 7) is 5.93. The highest BCUT2D eigenvalue weighted by molar-refractivity contribution is 7.92. The van der Waals surface area contributed by atoms with E-state index in [0.717, 1.165) is 31.1 Å². The molecule has 0 spiro atoms. The molecule has 0 aliphatic carbocycles. The van der Waals surface area contributed by atoms with Gasteiger partial charge in [-0.05, 0) is 31.0 Å². The zero-order valence-electron chi connectivity index (χ0n) is 13.7. The maximum Gasteiger partial charge on any atom is 0.229 e. The summed E-state index contributed by atoms with van der Waals surface area (Å²) in [6, 6.07) is 6.89. The lowest BCUT2D eigenvalue weighted by Gasteiger charge is -2.18. The van der Waals surface area contributed by atoms with E-state index < -0.39 is 10.0 Å². The van der Waals surface area contributed by atoms with Crippen molar-refractivity contribution in [3.05, 3.63) is 29.8 Å². The number of rotatable bonds is 8. The predicted octanol–water partition coefficient (Wildman–Crippen LogP) is 3.06. The number of anilines is 1. The molecule has 0 radical (unpaired) electrons. The number of benzene rings is 1. The molecule has 0 saturated carbocycles. The highest BCUT2D eigenvalue weighted by atomic mass is 32.2. The second kappa shape index (κ2) is 8.17. The van der Waals surface area contributed by atoms with E-state index in [1.54, 1.807) is 18.2 Å². The van der Waals surface area contributed by atoms with Gasteiger partial charge in [0, 0.05) is 11.6 Å². The van der Waals surface area contributed by atoms with E-state index in [1.165, 1.54) is 0 Å². The molecular formula is C16H26N2O3S. The van der Waals surface area contributed by atoms with Gasteiger partial charge in [0.1, 0.15) is 0 Å². The highest BCUT2D eigenvalue weighted by Gasteiger charge is 2.16. The minimum Gasteiger partial charge on any atom is -0.349 e. The lowest BCUT2D eigenvalue weighted by molar-refractivity contribution is -0.125. The summed E-state index contributed by atoms with van der Waals surface area (Å²) in [5.41, 5.74) is 1.37. The van der Waals surface area contributed by atoms with Crippen LogP contribution in [0.25, 0.3) is 0 Å². The fourth-order valence-corrected chi connectivity index (χ4v) is 2.72.